The van der Waals surface area contributed by atoms with E-state index in [0.717, 1.165) is 37.8 Å². The summed E-state index contributed by atoms with van der Waals surface area (Å²) < 4.78 is 0. The molecule has 5 rings (SSSR count). The van der Waals surface area contributed by atoms with Gasteiger partial charge in [0.05, 0.1) is 5.71 Å². The zero-order chi connectivity index (χ0) is 25.0. The molecular weight excluding hydrogens is 444 g/mol. The summed E-state index contributed by atoms with van der Waals surface area (Å²) in [6, 6.07) is -0.741. The predicted octanol–water partition coefficient (Wildman–Crippen LogP) is 4.60. The molecule has 1 heterocycles. The average Bonchev–Trinajstić information content (AvgIpc) is 3.44. The minimum atomic E-state index is -0.952. The van der Waals surface area contributed by atoms with Crippen LogP contribution in [0.5, 0.6) is 0 Å². The van der Waals surface area contributed by atoms with Gasteiger partial charge in [-0.3, -0.25) is 9.59 Å². The molecule has 35 heavy (non-hydrogen) atoms. The van der Waals surface area contributed by atoms with Gasteiger partial charge in [-0.15, -0.1) is 0 Å². The SMILES string of the molecule is CC(=O)[C@@H]1CC[C@H]2[C@@H]3CCC4=C/C(=N/OCC(=O)N5CCC[C@@H]5C(=O)O)CC[C@]4(C)[C@H]3CC[C@]12C. The Kier molecular flexibility index (Phi) is 6.33. The monoisotopic (exact) mass is 484 g/mol. The van der Waals surface area contributed by atoms with Gasteiger partial charge in [-0.05, 0) is 106 Å². The van der Waals surface area contributed by atoms with Gasteiger partial charge in [0, 0.05) is 12.5 Å². The average molecular weight is 485 g/mol. The molecule has 5 aliphatic rings. The number of nitrogens with zero attached hydrogens (tertiary/aromatic N) is 2. The Morgan fingerprint density at radius 1 is 1.09 bits per heavy atom. The summed E-state index contributed by atoms with van der Waals surface area (Å²) in [4.78, 5) is 43.0. The molecule has 0 unspecified atom stereocenters. The van der Waals surface area contributed by atoms with Crippen LogP contribution in [0.4, 0.5) is 0 Å². The number of carbonyl (C=O) groups excluding carboxylic acids is 2. The third-order valence-electron chi connectivity index (χ3n) is 10.7. The Bertz CT molecular complexity index is 972. The molecule has 0 bridgehead atoms. The van der Waals surface area contributed by atoms with E-state index < -0.39 is 12.0 Å². The second-order valence-electron chi connectivity index (χ2n) is 12.2. The predicted molar refractivity (Wildman–Crippen MR) is 132 cm³/mol. The molecule has 1 N–H and O–H groups in total. The summed E-state index contributed by atoms with van der Waals surface area (Å²) >= 11 is 0. The number of carboxylic acids is 1. The van der Waals surface area contributed by atoms with E-state index in [4.69, 9.17) is 4.84 Å². The number of allylic oxidation sites excluding steroid dienone is 2. The van der Waals surface area contributed by atoms with Gasteiger partial charge in [-0.1, -0.05) is 24.6 Å². The van der Waals surface area contributed by atoms with E-state index in [-0.39, 0.29) is 29.3 Å². The van der Waals surface area contributed by atoms with Crippen molar-refractivity contribution in [3.8, 4) is 0 Å². The van der Waals surface area contributed by atoms with Crippen molar-refractivity contribution in [1.29, 1.82) is 0 Å². The third-order valence-corrected chi connectivity index (χ3v) is 10.7. The molecule has 192 valence electrons. The molecule has 4 fully saturated rings. The van der Waals surface area contributed by atoms with E-state index in [9.17, 15) is 19.5 Å². The number of hydrogen-bond donors (Lipinski definition) is 1. The van der Waals surface area contributed by atoms with Crippen molar-refractivity contribution in [3.05, 3.63) is 11.6 Å². The van der Waals surface area contributed by atoms with E-state index in [2.05, 4.69) is 25.1 Å². The maximum Gasteiger partial charge on any atom is 0.326 e. The Morgan fingerprint density at radius 2 is 1.89 bits per heavy atom. The maximum absolute atomic E-state index is 12.5. The summed E-state index contributed by atoms with van der Waals surface area (Å²) in [7, 11) is 0. The fourth-order valence-electron chi connectivity index (χ4n) is 8.89. The topological polar surface area (TPSA) is 96.3 Å². The number of rotatable bonds is 5. The number of fused-ring (bicyclic) bond motifs is 5. The van der Waals surface area contributed by atoms with Crippen molar-refractivity contribution in [2.75, 3.05) is 13.2 Å². The van der Waals surface area contributed by atoms with E-state index >= 15 is 0 Å². The fraction of sp³-hybridized carbons (Fsp3) is 0.786. The second-order valence-corrected chi connectivity index (χ2v) is 12.2. The maximum atomic E-state index is 12.5. The normalized spacial score (nSPS) is 41.6. The van der Waals surface area contributed by atoms with Crippen molar-refractivity contribution < 1.29 is 24.3 Å². The summed E-state index contributed by atoms with van der Waals surface area (Å²) in [6.07, 6.45) is 12.2. The van der Waals surface area contributed by atoms with Gasteiger partial charge >= 0.3 is 5.97 Å². The van der Waals surface area contributed by atoms with Crippen molar-refractivity contribution >= 4 is 23.4 Å². The van der Waals surface area contributed by atoms with Gasteiger partial charge in [0.1, 0.15) is 11.8 Å². The first-order valence-corrected chi connectivity index (χ1v) is 13.6. The van der Waals surface area contributed by atoms with Crippen LogP contribution >= 0.6 is 0 Å². The lowest BCUT2D eigenvalue weighted by Gasteiger charge is -2.58. The zero-order valence-electron chi connectivity index (χ0n) is 21.4. The van der Waals surface area contributed by atoms with E-state index in [1.54, 1.807) is 6.92 Å². The van der Waals surface area contributed by atoms with Crippen LogP contribution in [0.2, 0.25) is 0 Å². The van der Waals surface area contributed by atoms with Crippen LogP contribution < -0.4 is 0 Å². The Morgan fingerprint density at radius 3 is 2.63 bits per heavy atom. The molecule has 1 saturated heterocycles. The van der Waals surface area contributed by atoms with Crippen molar-refractivity contribution in [2.45, 2.75) is 91.0 Å². The van der Waals surface area contributed by atoms with Crippen molar-refractivity contribution in [2.24, 2.45) is 39.7 Å². The highest BCUT2D eigenvalue weighted by Crippen LogP contribution is 2.66. The van der Waals surface area contributed by atoms with Gasteiger partial charge in [0.25, 0.3) is 5.91 Å². The number of carboxylic acid groups (broad SMARTS) is 1. The van der Waals surface area contributed by atoms with Gasteiger partial charge in [0.2, 0.25) is 0 Å². The van der Waals surface area contributed by atoms with E-state index in [0.29, 0.717) is 42.9 Å². The number of carbonyl (C=O) groups is 3. The third kappa shape index (κ3) is 4.03. The molecule has 1 amide bonds. The minimum absolute atomic E-state index is 0.178. The highest BCUT2D eigenvalue weighted by atomic mass is 16.6. The lowest BCUT2D eigenvalue weighted by molar-refractivity contribution is -0.150. The van der Waals surface area contributed by atoms with Crippen LogP contribution in [0.3, 0.4) is 0 Å². The van der Waals surface area contributed by atoms with Crippen molar-refractivity contribution in [3.63, 3.8) is 0 Å². The molecular formula is C28H40N2O5. The minimum Gasteiger partial charge on any atom is -0.480 e. The summed E-state index contributed by atoms with van der Waals surface area (Å²) in [6.45, 7) is 6.88. The lowest BCUT2D eigenvalue weighted by Crippen LogP contribution is -2.51. The van der Waals surface area contributed by atoms with Crippen LogP contribution in [0.1, 0.15) is 85.0 Å². The molecule has 4 aliphatic carbocycles. The van der Waals surface area contributed by atoms with Crippen molar-refractivity contribution in [1.82, 2.24) is 4.90 Å². The molecule has 0 radical (unpaired) electrons. The van der Waals surface area contributed by atoms with Crippen LogP contribution in [0.25, 0.3) is 0 Å². The number of Topliss-reactive ketones (excluding diaryl/α,β-unsaturated/α-hetero) is 1. The quantitative estimate of drug-likeness (QED) is 0.575. The van der Waals surface area contributed by atoms with Crippen LogP contribution in [-0.4, -0.2) is 52.6 Å². The Labute approximate surface area is 208 Å². The number of hydrogen-bond acceptors (Lipinski definition) is 5. The van der Waals surface area contributed by atoms with Gasteiger partial charge < -0.3 is 14.8 Å². The number of likely N-dealkylation sites (tertiary alicyclic amines) is 1. The van der Waals surface area contributed by atoms with Gasteiger partial charge in [-0.25, -0.2) is 4.79 Å². The molecule has 1 aliphatic heterocycles. The zero-order valence-corrected chi connectivity index (χ0v) is 21.4. The number of oxime groups is 1. The van der Waals surface area contributed by atoms with Crippen LogP contribution in [0.15, 0.2) is 16.8 Å². The Balaban J connectivity index is 1.24. The molecule has 7 heteroatoms. The first-order valence-electron chi connectivity index (χ1n) is 13.6. The first kappa shape index (κ1) is 24.5. The molecule has 7 atom stereocenters. The second kappa shape index (κ2) is 9.04. The van der Waals surface area contributed by atoms with Crippen LogP contribution in [0, 0.1) is 34.5 Å². The molecule has 0 aromatic rings. The molecule has 0 spiro atoms. The largest absolute Gasteiger partial charge is 0.480 e. The molecule has 0 aromatic heterocycles. The summed E-state index contributed by atoms with van der Waals surface area (Å²) in [5, 5.41) is 13.6. The summed E-state index contributed by atoms with van der Waals surface area (Å²) in [5.74, 6) is 1.41. The fourth-order valence-corrected chi connectivity index (χ4v) is 8.89. The summed E-state index contributed by atoms with van der Waals surface area (Å²) in [5.41, 5.74) is 2.71. The molecule has 7 nitrogen and oxygen atoms in total. The first-order chi connectivity index (χ1) is 16.6. The highest BCUT2D eigenvalue weighted by Gasteiger charge is 2.59. The standard InChI is InChI=1S/C28H40N2O5/c1-17(31)21-8-9-22-20-7-6-18-15-19(10-12-27(18,2)23(20)11-13-28(21,22)3)29-35-16-25(32)30-14-4-5-24(30)26(33)34/h15,20-24H,4-14,16H2,1-3H3,(H,33,34)/b29-19+/t20-,21-,22-,23-,24+,27-,28+/m0/s1. The molecule has 3 saturated carbocycles. The number of ketones is 1. The van der Waals surface area contributed by atoms with Crippen LogP contribution in [-0.2, 0) is 19.2 Å². The lowest BCUT2D eigenvalue weighted by atomic mass is 9.46. The highest BCUT2D eigenvalue weighted by molar-refractivity contribution is 5.96. The number of aliphatic carboxylic acids is 1. The van der Waals surface area contributed by atoms with Gasteiger partial charge in [-0.2, -0.15) is 0 Å². The molecule has 0 aromatic carbocycles. The van der Waals surface area contributed by atoms with E-state index in [1.807, 2.05) is 0 Å². The van der Waals surface area contributed by atoms with Gasteiger partial charge in [0.15, 0.2) is 6.61 Å². The smallest absolute Gasteiger partial charge is 0.326 e. The van der Waals surface area contributed by atoms with E-state index in [1.165, 1.54) is 29.7 Å². The number of amides is 1. The Hall–Kier alpha value is -2.18.